The van der Waals surface area contributed by atoms with Crippen LogP contribution in [0.3, 0.4) is 0 Å². The Labute approximate surface area is 90.8 Å². The molecule has 4 nitrogen and oxygen atoms in total. The first kappa shape index (κ1) is 12.1. The molecule has 1 heterocycles. The molecule has 2 N–H and O–H groups in total. The van der Waals surface area contributed by atoms with Crippen molar-refractivity contribution in [2.75, 3.05) is 6.54 Å². The van der Waals surface area contributed by atoms with Crippen LogP contribution in [0.5, 0.6) is 0 Å². The summed E-state index contributed by atoms with van der Waals surface area (Å²) in [7, 11) is 0. The number of aromatic nitrogens is 2. The molecule has 4 heteroatoms. The number of hydrogen-bond acceptors (Lipinski definition) is 4. The largest absolute Gasteiger partial charge is 0.392 e. The van der Waals surface area contributed by atoms with Gasteiger partial charge < -0.3 is 10.4 Å². The Balaban J connectivity index is 2.25. The van der Waals surface area contributed by atoms with Gasteiger partial charge in [0.2, 0.25) is 0 Å². The van der Waals surface area contributed by atoms with Gasteiger partial charge in [-0.05, 0) is 19.4 Å². The van der Waals surface area contributed by atoms with E-state index in [4.69, 9.17) is 0 Å². The van der Waals surface area contributed by atoms with Crippen LogP contribution < -0.4 is 5.32 Å². The van der Waals surface area contributed by atoms with Crippen LogP contribution in [0.25, 0.3) is 0 Å². The lowest BCUT2D eigenvalue weighted by Crippen LogP contribution is -2.26. The molecule has 0 fully saturated rings. The third-order valence-corrected chi connectivity index (χ3v) is 2.14. The van der Waals surface area contributed by atoms with Gasteiger partial charge in [-0.15, -0.1) is 0 Å². The molecular weight excluding hydrogens is 190 g/mol. The highest BCUT2D eigenvalue weighted by Gasteiger charge is 2.02. The smallest absolute Gasteiger partial charge is 0.125 e. The lowest BCUT2D eigenvalue weighted by atomic mass is 10.2. The van der Waals surface area contributed by atoms with Gasteiger partial charge in [-0.25, -0.2) is 9.97 Å². The SMILES string of the molecule is CCCC(O)CNCc1ccnc(C)n1. The Bertz CT molecular complexity index is 291. The van der Waals surface area contributed by atoms with Crippen LogP contribution in [0.2, 0.25) is 0 Å². The third-order valence-electron chi connectivity index (χ3n) is 2.14. The van der Waals surface area contributed by atoms with Gasteiger partial charge in [-0.1, -0.05) is 13.3 Å². The summed E-state index contributed by atoms with van der Waals surface area (Å²) in [6.45, 7) is 5.24. The van der Waals surface area contributed by atoms with Gasteiger partial charge in [0.25, 0.3) is 0 Å². The van der Waals surface area contributed by atoms with E-state index in [0.29, 0.717) is 13.1 Å². The minimum atomic E-state index is -0.252. The van der Waals surface area contributed by atoms with Crippen LogP contribution in [0.4, 0.5) is 0 Å². The summed E-state index contributed by atoms with van der Waals surface area (Å²) < 4.78 is 0. The van der Waals surface area contributed by atoms with E-state index in [1.54, 1.807) is 6.20 Å². The maximum atomic E-state index is 9.49. The molecule has 0 radical (unpaired) electrons. The van der Waals surface area contributed by atoms with E-state index in [0.717, 1.165) is 24.4 Å². The molecule has 0 bridgehead atoms. The first-order valence-electron chi connectivity index (χ1n) is 5.39. The summed E-state index contributed by atoms with van der Waals surface area (Å²) in [5, 5.41) is 12.7. The zero-order valence-corrected chi connectivity index (χ0v) is 9.40. The minimum Gasteiger partial charge on any atom is -0.392 e. The quantitative estimate of drug-likeness (QED) is 0.735. The van der Waals surface area contributed by atoms with E-state index in [1.165, 1.54) is 0 Å². The van der Waals surface area contributed by atoms with E-state index >= 15 is 0 Å². The molecule has 0 saturated heterocycles. The van der Waals surface area contributed by atoms with E-state index in [1.807, 2.05) is 13.0 Å². The van der Waals surface area contributed by atoms with Gasteiger partial charge in [0.05, 0.1) is 11.8 Å². The van der Waals surface area contributed by atoms with E-state index < -0.39 is 0 Å². The molecule has 0 aromatic carbocycles. The number of aliphatic hydroxyl groups is 1. The van der Waals surface area contributed by atoms with Gasteiger partial charge in [0.1, 0.15) is 5.82 Å². The van der Waals surface area contributed by atoms with Gasteiger partial charge in [-0.2, -0.15) is 0 Å². The van der Waals surface area contributed by atoms with E-state index in [-0.39, 0.29) is 6.10 Å². The molecular formula is C11H19N3O. The van der Waals surface area contributed by atoms with Crippen molar-refractivity contribution in [2.24, 2.45) is 0 Å². The van der Waals surface area contributed by atoms with Gasteiger partial charge in [0, 0.05) is 19.3 Å². The maximum absolute atomic E-state index is 9.49. The predicted octanol–water partition coefficient (Wildman–Crippen LogP) is 1.04. The van der Waals surface area contributed by atoms with Crippen LogP contribution >= 0.6 is 0 Å². The molecule has 1 rings (SSSR count). The molecule has 0 spiro atoms. The number of nitrogens with one attached hydrogen (secondary N) is 1. The molecule has 1 aromatic rings. The lowest BCUT2D eigenvalue weighted by Gasteiger charge is -2.10. The number of aliphatic hydroxyl groups excluding tert-OH is 1. The Morgan fingerprint density at radius 2 is 2.33 bits per heavy atom. The summed E-state index contributed by atoms with van der Waals surface area (Å²) in [4.78, 5) is 8.28. The Morgan fingerprint density at radius 1 is 1.53 bits per heavy atom. The topological polar surface area (TPSA) is 58.0 Å². The molecule has 84 valence electrons. The second-order valence-electron chi connectivity index (χ2n) is 3.67. The summed E-state index contributed by atoms with van der Waals surface area (Å²) in [5.41, 5.74) is 0.964. The monoisotopic (exact) mass is 209 g/mol. The van der Waals surface area contributed by atoms with E-state index in [9.17, 15) is 5.11 Å². The van der Waals surface area contributed by atoms with Crippen LogP contribution in [0, 0.1) is 6.92 Å². The van der Waals surface area contributed by atoms with Gasteiger partial charge in [-0.3, -0.25) is 0 Å². The highest BCUT2D eigenvalue weighted by molar-refractivity contribution is 5.00. The van der Waals surface area contributed by atoms with E-state index in [2.05, 4.69) is 22.2 Å². The average molecular weight is 209 g/mol. The van der Waals surface area contributed by atoms with Crippen molar-refractivity contribution in [2.45, 2.75) is 39.3 Å². The molecule has 0 saturated carbocycles. The highest BCUT2D eigenvalue weighted by atomic mass is 16.3. The molecule has 1 atom stereocenters. The Morgan fingerprint density at radius 3 is 3.00 bits per heavy atom. The van der Waals surface area contributed by atoms with Gasteiger partial charge in [0.15, 0.2) is 0 Å². The second kappa shape index (κ2) is 6.48. The summed E-state index contributed by atoms with van der Waals surface area (Å²) in [6.07, 6.45) is 3.35. The molecule has 0 aliphatic heterocycles. The fourth-order valence-electron chi connectivity index (χ4n) is 1.41. The van der Waals surface area contributed by atoms with Crippen LogP contribution in [0.1, 0.15) is 31.3 Å². The second-order valence-corrected chi connectivity index (χ2v) is 3.67. The standard InChI is InChI=1S/C11H19N3O/c1-3-4-11(15)8-12-7-10-5-6-13-9(2)14-10/h5-6,11-12,15H,3-4,7-8H2,1-2H3. The highest BCUT2D eigenvalue weighted by Crippen LogP contribution is 1.96. The maximum Gasteiger partial charge on any atom is 0.125 e. The van der Waals surface area contributed by atoms with Crippen molar-refractivity contribution in [3.63, 3.8) is 0 Å². The minimum absolute atomic E-state index is 0.252. The summed E-state index contributed by atoms with van der Waals surface area (Å²) in [5.74, 6) is 0.781. The van der Waals surface area contributed by atoms with Crippen molar-refractivity contribution in [1.29, 1.82) is 0 Å². The van der Waals surface area contributed by atoms with Crippen LogP contribution in [0.15, 0.2) is 12.3 Å². The Hall–Kier alpha value is -1.00. The first-order valence-corrected chi connectivity index (χ1v) is 5.39. The van der Waals surface area contributed by atoms with Crippen molar-refractivity contribution < 1.29 is 5.11 Å². The van der Waals surface area contributed by atoms with Gasteiger partial charge >= 0.3 is 0 Å². The number of rotatable bonds is 6. The molecule has 0 aliphatic carbocycles. The average Bonchev–Trinajstić information content (AvgIpc) is 2.18. The fourth-order valence-corrected chi connectivity index (χ4v) is 1.41. The zero-order valence-electron chi connectivity index (χ0n) is 9.40. The number of nitrogens with zero attached hydrogens (tertiary/aromatic N) is 2. The fraction of sp³-hybridized carbons (Fsp3) is 0.636. The number of hydrogen-bond donors (Lipinski definition) is 2. The normalized spacial score (nSPS) is 12.7. The molecule has 1 aromatic heterocycles. The van der Waals surface area contributed by atoms with Crippen LogP contribution in [-0.4, -0.2) is 27.7 Å². The molecule has 15 heavy (non-hydrogen) atoms. The molecule has 0 amide bonds. The summed E-state index contributed by atoms with van der Waals surface area (Å²) >= 11 is 0. The first-order chi connectivity index (χ1) is 7.22. The zero-order chi connectivity index (χ0) is 11.1. The van der Waals surface area contributed by atoms with Crippen molar-refractivity contribution >= 4 is 0 Å². The predicted molar refractivity (Wildman–Crippen MR) is 59.4 cm³/mol. The molecule has 1 unspecified atom stereocenters. The lowest BCUT2D eigenvalue weighted by molar-refractivity contribution is 0.160. The third kappa shape index (κ3) is 4.85. The summed E-state index contributed by atoms with van der Waals surface area (Å²) in [6, 6.07) is 1.88. The Kier molecular flexibility index (Phi) is 5.21. The number of aryl methyl sites for hydroxylation is 1. The van der Waals surface area contributed by atoms with Crippen molar-refractivity contribution in [3.05, 3.63) is 23.8 Å². The van der Waals surface area contributed by atoms with Crippen molar-refractivity contribution in [3.8, 4) is 0 Å². The van der Waals surface area contributed by atoms with Crippen LogP contribution in [-0.2, 0) is 6.54 Å². The van der Waals surface area contributed by atoms with Crippen molar-refractivity contribution in [1.82, 2.24) is 15.3 Å². The molecule has 0 aliphatic rings.